The minimum absolute atomic E-state index is 0. The van der Waals surface area contributed by atoms with Crippen LogP contribution in [0.5, 0.6) is 0 Å². The molecule has 0 atom stereocenters. The van der Waals surface area contributed by atoms with Gasteiger partial charge in [-0.25, -0.2) is 0 Å². The third-order valence-electron chi connectivity index (χ3n) is 5.77. The van der Waals surface area contributed by atoms with Gasteiger partial charge in [0.1, 0.15) is 0 Å². The molecule has 0 aliphatic heterocycles. The number of halogens is 1. The van der Waals surface area contributed by atoms with Crippen molar-refractivity contribution >= 4 is 29.9 Å². The van der Waals surface area contributed by atoms with E-state index in [1.807, 2.05) is 7.05 Å². The van der Waals surface area contributed by atoms with E-state index in [4.69, 9.17) is 9.26 Å². The Morgan fingerprint density at radius 2 is 2.00 bits per heavy atom. The molecule has 1 aromatic rings. The molecule has 0 aromatic carbocycles. The molecule has 0 bridgehead atoms. The fourth-order valence-electron chi connectivity index (χ4n) is 3.93. The summed E-state index contributed by atoms with van der Waals surface area (Å²) in [5, 5.41) is 11.1. The molecule has 0 radical (unpaired) electrons. The summed E-state index contributed by atoms with van der Waals surface area (Å²) in [6.07, 6.45) is 8.44. The van der Waals surface area contributed by atoms with Crippen LogP contribution in [-0.2, 0) is 11.3 Å². The molecular weight excluding hydrogens is 455 g/mol. The van der Waals surface area contributed by atoms with Crippen LogP contribution in [0.15, 0.2) is 15.6 Å². The maximum Gasteiger partial charge on any atom is 0.191 e. The largest absolute Gasteiger partial charge is 0.385 e. The predicted molar refractivity (Wildman–Crippen MR) is 121 cm³/mol. The van der Waals surface area contributed by atoms with Crippen molar-refractivity contribution in [2.24, 2.45) is 10.4 Å². The van der Waals surface area contributed by atoms with Crippen molar-refractivity contribution < 1.29 is 9.26 Å². The highest BCUT2D eigenvalue weighted by atomic mass is 127. The number of aromatic nitrogens is 1. The van der Waals surface area contributed by atoms with Crippen LogP contribution >= 0.6 is 24.0 Å². The second-order valence-electron chi connectivity index (χ2n) is 7.46. The summed E-state index contributed by atoms with van der Waals surface area (Å²) in [7, 11) is 3.59. The first-order valence-corrected chi connectivity index (χ1v) is 10.0. The first-order chi connectivity index (χ1) is 12.7. The number of nitrogens with zero attached hydrogens (tertiary/aromatic N) is 2. The van der Waals surface area contributed by atoms with Crippen molar-refractivity contribution in [1.82, 2.24) is 15.8 Å². The maximum atomic E-state index is 5.48. The van der Waals surface area contributed by atoms with Crippen LogP contribution in [0.1, 0.15) is 76.2 Å². The Morgan fingerprint density at radius 3 is 2.59 bits per heavy atom. The Labute approximate surface area is 181 Å². The first kappa shape index (κ1) is 24.2. The SMILES string of the molecule is CCC(CC)c1cc(CNC(=NC)NCC2(CCOC)CCCC2)on1.I. The standard InChI is InChI=1S/C20H36N4O2.HI/c1-5-16(6-2)18-13-17(26-24-18)14-22-19(21-3)23-15-20(11-12-25-4)9-7-8-10-20;/h13,16H,5-12,14-15H2,1-4H3,(H2,21,22,23);1H. The molecule has 2 rings (SSSR count). The summed E-state index contributed by atoms with van der Waals surface area (Å²) >= 11 is 0. The Bertz CT molecular complexity index is 552. The Morgan fingerprint density at radius 1 is 1.30 bits per heavy atom. The van der Waals surface area contributed by atoms with Gasteiger partial charge in [0.2, 0.25) is 0 Å². The third kappa shape index (κ3) is 7.25. The lowest BCUT2D eigenvalue weighted by Gasteiger charge is -2.29. The van der Waals surface area contributed by atoms with E-state index in [-0.39, 0.29) is 24.0 Å². The molecule has 1 heterocycles. The molecule has 0 spiro atoms. The molecular formula is C20H37IN4O2. The number of hydrogen-bond donors (Lipinski definition) is 2. The Kier molecular flexibility index (Phi) is 11.3. The molecule has 156 valence electrons. The highest BCUT2D eigenvalue weighted by Crippen LogP contribution is 2.40. The number of hydrogen-bond acceptors (Lipinski definition) is 4. The molecule has 0 unspecified atom stereocenters. The second kappa shape index (κ2) is 12.6. The van der Waals surface area contributed by atoms with Crippen LogP contribution in [0.2, 0.25) is 0 Å². The molecule has 27 heavy (non-hydrogen) atoms. The van der Waals surface area contributed by atoms with Crippen LogP contribution in [0.4, 0.5) is 0 Å². The minimum Gasteiger partial charge on any atom is -0.385 e. The summed E-state index contributed by atoms with van der Waals surface area (Å²) in [6.45, 7) is 6.73. The van der Waals surface area contributed by atoms with Gasteiger partial charge in [0, 0.05) is 39.3 Å². The molecule has 1 aliphatic rings. The Balaban J connectivity index is 0.00000364. The van der Waals surface area contributed by atoms with Gasteiger partial charge in [-0.3, -0.25) is 4.99 Å². The topological polar surface area (TPSA) is 71.7 Å². The zero-order chi connectivity index (χ0) is 18.8. The lowest BCUT2D eigenvalue weighted by Crippen LogP contribution is -2.43. The summed E-state index contributed by atoms with van der Waals surface area (Å²) in [5.74, 6) is 2.15. The van der Waals surface area contributed by atoms with Crippen molar-refractivity contribution in [3.05, 3.63) is 17.5 Å². The van der Waals surface area contributed by atoms with Gasteiger partial charge in [-0.1, -0.05) is 31.8 Å². The van der Waals surface area contributed by atoms with Gasteiger partial charge in [0.05, 0.1) is 12.2 Å². The normalized spacial score (nSPS) is 16.4. The summed E-state index contributed by atoms with van der Waals surface area (Å²) in [4.78, 5) is 4.35. The third-order valence-corrected chi connectivity index (χ3v) is 5.77. The smallest absolute Gasteiger partial charge is 0.191 e. The van der Waals surface area contributed by atoms with E-state index in [9.17, 15) is 0 Å². The Hall–Kier alpha value is -0.830. The van der Waals surface area contributed by atoms with Crippen molar-refractivity contribution in [2.75, 3.05) is 27.3 Å². The van der Waals surface area contributed by atoms with Crippen LogP contribution in [0.25, 0.3) is 0 Å². The predicted octanol–water partition coefficient (Wildman–Crippen LogP) is 4.46. The van der Waals surface area contributed by atoms with Crippen molar-refractivity contribution in [1.29, 1.82) is 0 Å². The monoisotopic (exact) mass is 492 g/mol. The molecule has 1 fully saturated rings. The highest BCUT2D eigenvalue weighted by molar-refractivity contribution is 14.0. The summed E-state index contributed by atoms with van der Waals surface area (Å²) in [5.41, 5.74) is 1.39. The lowest BCUT2D eigenvalue weighted by molar-refractivity contribution is 0.138. The van der Waals surface area contributed by atoms with E-state index in [0.29, 0.717) is 17.9 Å². The van der Waals surface area contributed by atoms with Gasteiger partial charge < -0.3 is 19.9 Å². The second-order valence-corrected chi connectivity index (χ2v) is 7.46. The zero-order valence-corrected chi connectivity index (χ0v) is 19.7. The van der Waals surface area contributed by atoms with Gasteiger partial charge >= 0.3 is 0 Å². The molecule has 0 saturated heterocycles. The number of ether oxygens (including phenoxy) is 1. The van der Waals surface area contributed by atoms with Crippen LogP contribution in [-0.4, -0.2) is 38.4 Å². The van der Waals surface area contributed by atoms with Gasteiger partial charge in [0.15, 0.2) is 11.7 Å². The van der Waals surface area contributed by atoms with E-state index < -0.39 is 0 Å². The summed E-state index contributed by atoms with van der Waals surface area (Å²) < 4.78 is 10.8. The van der Waals surface area contributed by atoms with E-state index in [1.54, 1.807) is 7.11 Å². The molecule has 6 nitrogen and oxygen atoms in total. The van der Waals surface area contributed by atoms with Crippen LogP contribution in [0, 0.1) is 5.41 Å². The van der Waals surface area contributed by atoms with E-state index >= 15 is 0 Å². The fraction of sp³-hybridized carbons (Fsp3) is 0.800. The lowest BCUT2D eigenvalue weighted by atomic mass is 9.83. The zero-order valence-electron chi connectivity index (χ0n) is 17.3. The van der Waals surface area contributed by atoms with Crippen LogP contribution < -0.4 is 10.6 Å². The number of guanidine groups is 1. The maximum absolute atomic E-state index is 5.48. The molecule has 0 amide bonds. The van der Waals surface area contributed by atoms with Gasteiger partial charge in [-0.15, -0.1) is 24.0 Å². The quantitative estimate of drug-likeness (QED) is 0.287. The first-order valence-electron chi connectivity index (χ1n) is 10.0. The van der Waals surface area contributed by atoms with E-state index in [0.717, 1.165) is 49.8 Å². The number of aliphatic imine (C=N–C) groups is 1. The van der Waals surface area contributed by atoms with E-state index in [2.05, 4.69) is 40.7 Å². The van der Waals surface area contributed by atoms with Gasteiger partial charge in [-0.2, -0.15) is 0 Å². The molecule has 2 N–H and O–H groups in total. The minimum atomic E-state index is 0. The fourth-order valence-corrected chi connectivity index (χ4v) is 3.93. The van der Waals surface area contributed by atoms with Crippen molar-refractivity contribution in [2.45, 2.75) is 71.3 Å². The number of rotatable bonds is 10. The number of nitrogens with one attached hydrogen (secondary N) is 2. The molecule has 1 saturated carbocycles. The average molecular weight is 492 g/mol. The van der Waals surface area contributed by atoms with E-state index in [1.165, 1.54) is 25.7 Å². The van der Waals surface area contributed by atoms with Crippen LogP contribution in [0.3, 0.4) is 0 Å². The molecule has 1 aliphatic carbocycles. The summed E-state index contributed by atoms with van der Waals surface area (Å²) in [6, 6.07) is 2.06. The average Bonchev–Trinajstić information content (AvgIpc) is 3.32. The highest BCUT2D eigenvalue weighted by Gasteiger charge is 2.33. The van der Waals surface area contributed by atoms with Crippen molar-refractivity contribution in [3.63, 3.8) is 0 Å². The van der Waals surface area contributed by atoms with Gasteiger partial charge in [-0.05, 0) is 37.5 Å². The molecule has 7 heteroatoms. The van der Waals surface area contributed by atoms with Crippen molar-refractivity contribution in [3.8, 4) is 0 Å². The van der Waals surface area contributed by atoms with Gasteiger partial charge in [0.25, 0.3) is 0 Å². The molecule has 1 aromatic heterocycles. The number of methoxy groups -OCH3 is 1.